The topological polar surface area (TPSA) is 107 Å². The Hall–Kier alpha value is -4.21. The number of carbonyl (C=O) groups excluding carboxylic acids is 2. The number of amides is 1. The van der Waals surface area contributed by atoms with E-state index in [1.807, 2.05) is 32.0 Å². The Kier molecular flexibility index (Phi) is 7.05. The van der Waals surface area contributed by atoms with Gasteiger partial charge in [0, 0.05) is 16.6 Å². The number of aromatic amines is 1. The van der Waals surface area contributed by atoms with Crippen LogP contribution in [-0.4, -0.2) is 49.2 Å². The fourth-order valence-corrected chi connectivity index (χ4v) is 4.22. The van der Waals surface area contributed by atoms with Gasteiger partial charge in [-0.3, -0.25) is 5.10 Å². The predicted octanol–water partition coefficient (Wildman–Crippen LogP) is 5.12. The lowest BCUT2D eigenvalue weighted by Gasteiger charge is -2.19. The van der Waals surface area contributed by atoms with Crippen LogP contribution in [0.2, 0.25) is 0 Å². The summed E-state index contributed by atoms with van der Waals surface area (Å²) in [6.07, 6.45) is 0.401. The highest BCUT2D eigenvalue weighted by Crippen LogP contribution is 2.43. The van der Waals surface area contributed by atoms with Crippen LogP contribution < -0.4 is 20.1 Å². The molecule has 0 fully saturated rings. The number of halogens is 1. The lowest BCUT2D eigenvalue weighted by molar-refractivity contribution is -0.143. The predicted molar refractivity (Wildman–Crippen MR) is 135 cm³/mol. The standard InChI is InChI=1S/C26H29FN4O5/c1-14(2)9-20(25(32)36-5)29-26(33)31-24(28-17-8-6-7-16(27)12-17)19-10-15-11-21(34-3)22(35-4)13-18(15)23(19)30-31/h6-8,10-14,20,28,30H,9H2,1-5H3,(H,29,33). The summed E-state index contributed by atoms with van der Waals surface area (Å²) in [5.41, 5.74) is 1.78. The van der Waals surface area contributed by atoms with E-state index in [2.05, 4.69) is 15.7 Å². The molecule has 2 aromatic rings. The highest BCUT2D eigenvalue weighted by molar-refractivity contribution is 6.07. The first-order chi connectivity index (χ1) is 17.2. The molecule has 0 aromatic heterocycles. The Morgan fingerprint density at radius 2 is 1.78 bits per heavy atom. The van der Waals surface area contributed by atoms with Crippen molar-refractivity contribution in [1.29, 1.82) is 0 Å². The molecule has 10 heteroatoms. The van der Waals surface area contributed by atoms with E-state index in [9.17, 15) is 14.0 Å². The lowest BCUT2D eigenvalue weighted by Crippen LogP contribution is -2.44. The van der Waals surface area contributed by atoms with Crippen molar-refractivity contribution in [3.8, 4) is 22.8 Å². The van der Waals surface area contributed by atoms with Gasteiger partial charge in [-0.25, -0.2) is 14.0 Å². The number of carbonyl (C=O) groups is 2. The molecule has 190 valence electrons. The van der Waals surface area contributed by atoms with Crippen molar-refractivity contribution < 1.29 is 28.2 Å². The van der Waals surface area contributed by atoms with E-state index >= 15 is 0 Å². The number of anilines is 2. The van der Waals surface area contributed by atoms with E-state index in [0.29, 0.717) is 40.7 Å². The van der Waals surface area contributed by atoms with Crippen molar-refractivity contribution in [1.82, 2.24) is 15.1 Å². The molecule has 0 saturated heterocycles. The van der Waals surface area contributed by atoms with Crippen molar-refractivity contribution in [2.45, 2.75) is 26.3 Å². The van der Waals surface area contributed by atoms with E-state index in [4.69, 9.17) is 14.2 Å². The fraction of sp³-hybridized carbons (Fsp3) is 0.308. The van der Waals surface area contributed by atoms with Gasteiger partial charge in [-0.05, 0) is 54.1 Å². The fourth-order valence-electron chi connectivity index (χ4n) is 4.22. The molecule has 1 amide bonds. The summed E-state index contributed by atoms with van der Waals surface area (Å²) in [6, 6.07) is 10.1. The molecule has 2 aliphatic rings. The zero-order chi connectivity index (χ0) is 26.0. The zero-order valence-electron chi connectivity index (χ0n) is 20.8. The van der Waals surface area contributed by atoms with Crippen LogP contribution in [-0.2, 0) is 9.53 Å². The Bertz CT molecular complexity index is 1380. The highest BCUT2D eigenvalue weighted by Gasteiger charge is 2.28. The summed E-state index contributed by atoms with van der Waals surface area (Å²) >= 11 is 0. The van der Waals surface area contributed by atoms with Gasteiger partial charge in [0.15, 0.2) is 11.5 Å². The number of ether oxygens (including phenoxy) is 3. The maximum atomic E-state index is 13.9. The van der Waals surface area contributed by atoms with Gasteiger partial charge in [0.05, 0.1) is 27.0 Å². The highest BCUT2D eigenvalue weighted by atomic mass is 19.1. The minimum absolute atomic E-state index is 0.139. The van der Waals surface area contributed by atoms with E-state index in [0.717, 1.165) is 10.8 Å². The lowest BCUT2D eigenvalue weighted by atomic mass is 10.0. The molecule has 1 atom stereocenters. The molecule has 0 radical (unpaired) electrons. The molecular weight excluding hydrogens is 467 g/mol. The normalized spacial score (nSPS) is 12.1. The van der Waals surface area contributed by atoms with Crippen molar-refractivity contribution >= 4 is 34.3 Å². The molecule has 0 bridgehead atoms. The van der Waals surface area contributed by atoms with Crippen molar-refractivity contribution in [2.24, 2.45) is 5.92 Å². The van der Waals surface area contributed by atoms with Crippen LogP contribution in [0.5, 0.6) is 11.5 Å². The van der Waals surface area contributed by atoms with Crippen molar-refractivity contribution in [2.75, 3.05) is 26.6 Å². The van der Waals surface area contributed by atoms with Gasteiger partial charge in [-0.1, -0.05) is 19.9 Å². The minimum Gasteiger partial charge on any atom is -0.493 e. The van der Waals surface area contributed by atoms with Crippen molar-refractivity contribution in [3.05, 3.63) is 48.3 Å². The average Bonchev–Trinajstić information content (AvgIpc) is 3.38. The Labute approximate surface area is 207 Å². The first-order valence-electron chi connectivity index (χ1n) is 11.5. The van der Waals surface area contributed by atoms with Gasteiger partial charge in [-0.15, -0.1) is 0 Å². The number of methoxy groups -OCH3 is 3. The van der Waals surface area contributed by atoms with Gasteiger partial charge in [0.1, 0.15) is 17.7 Å². The number of fused-ring (bicyclic) bond motifs is 3. The molecular formula is C26H29FN4O5. The molecule has 1 aliphatic carbocycles. The maximum absolute atomic E-state index is 13.9. The number of aromatic nitrogens is 2. The zero-order valence-corrected chi connectivity index (χ0v) is 20.8. The van der Waals surface area contributed by atoms with Crippen LogP contribution in [0.1, 0.15) is 20.3 Å². The third-order valence-corrected chi connectivity index (χ3v) is 5.88. The molecule has 4 rings (SSSR count). The molecule has 0 spiro atoms. The summed E-state index contributed by atoms with van der Waals surface area (Å²) < 4.78 is 30.9. The average molecular weight is 497 g/mol. The molecule has 0 saturated carbocycles. The maximum Gasteiger partial charge on any atom is 0.342 e. The van der Waals surface area contributed by atoms with E-state index in [1.54, 1.807) is 26.4 Å². The summed E-state index contributed by atoms with van der Waals surface area (Å²) in [7, 11) is 4.38. The Balaban J connectivity index is 1.83. The number of hydrogen-bond donors (Lipinski definition) is 3. The minimum atomic E-state index is -0.837. The van der Waals surface area contributed by atoms with Crippen LogP contribution >= 0.6 is 0 Å². The van der Waals surface area contributed by atoms with Gasteiger partial charge in [0.25, 0.3) is 0 Å². The first kappa shape index (κ1) is 24.9. The monoisotopic (exact) mass is 496 g/mol. The second-order valence-electron chi connectivity index (χ2n) is 8.81. The number of esters is 1. The molecule has 3 N–H and O–H groups in total. The van der Waals surface area contributed by atoms with Crippen LogP contribution in [0.25, 0.3) is 22.0 Å². The summed E-state index contributed by atoms with van der Waals surface area (Å²) in [4.78, 5) is 25.7. The van der Waals surface area contributed by atoms with E-state index in [1.165, 1.54) is 23.9 Å². The van der Waals surface area contributed by atoms with Gasteiger partial charge in [0.2, 0.25) is 0 Å². The molecule has 2 aromatic carbocycles. The smallest absolute Gasteiger partial charge is 0.342 e. The molecule has 1 heterocycles. The van der Waals surface area contributed by atoms with E-state index < -0.39 is 23.9 Å². The SMILES string of the molecule is COC(=O)C(CC(C)C)NC(=O)n1[nH]c2c3cc(OC)c(OC)cc3cc-2c1Nc1cccc(F)c1. The van der Waals surface area contributed by atoms with Crippen molar-refractivity contribution in [3.63, 3.8) is 0 Å². The number of H-pyrrole nitrogens is 1. The van der Waals surface area contributed by atoms with Gasteiger partial charge >= 0.3 is 12.0 Å². The van der Waals surface area contributed by atoms with Gasteiger partial charge < -0.3 is 24.8 Å². The Morgan fingerprint density at radius 3 is 2.42 bits per heavy atom. The molecule has 1 aliphatic heterocycles. The second kappa shape index (κ2) is 10.2. The summed E-state index contributed by atoms with van der Waals surface area (Å²) in [6.45, 7) is 3.89. The molecule has 1 unspecified atom stereocenters. The Morgan fingerprint density at radius 1 is 1.06 bits per heavy atom. The number of nitrogens with one attached hydrogen (secondary N) is 3. The summed E-state index contributed by atoms with van der Waals surface area (Å²) in [5, 5.41) is 10.7. The molecule has 9 nitrogen and oxygen atoms in total. The number of rotatable bonds is 8. The number of nitrogens with zero attached hydrogens (tertiary/aromatic N) is 1. The third-order valence-electron chi connectivity index (χ3n) is 5.88. The summed E-state index contributed by atoms with van der Waals surface area (Å²) in [5.74, 6) is 0.650. The number of benzene rings is 2. The van der Waals surface area contributed by atoms with Crippen LogP contribution in [0.15, 0.2) is 42.5 Å². The number of hydrogen-bond acceptors (Lipinski definition) is 6. The van der Waals surface area contributed by atoms with Crippen LogP contribution in [0.3, 0.4) is 0 Å². The van der Waals surface area contributed by atoms with Crippen LogP contribution in [0, 0.1) is 11.7 Å². The quantitative estimate of drug-likeness (QED) is 0.292. The first-order valence-corrected chi connectivity index (χ1v) is 11.5. The van der Waals surface area contributed by atoms with Crippen LogP contribution in [0.4, 0.5) is 20.7 Å². The second-order valence-corrected chi connectivity index (χ2v) is 8.81. The molecule has 36 heavy (non-hydrogen) atoms. The third kappa shape index (κ3) is 4.79. The van der Waals surface area contributed by atoms with Gasteiger partial charge in [-0.2, -0.15) is 4.68 Å². The van der Waals surface area contributed by atoms with E-state index in [-0.39, 0.29) is 5.92 Å². The largest absolute Gasteiger partial charge is 0.493 e.